The summed E-state index contributed by atoms with van der Waals surface area (Å²) in [5.74, 6) is -0.880. The number of rotatable bonds is 5. The summed E-state index contributed by atoms with van der Waals surface area (Å²) in [5.41, 5.74) is -2.57. The molecule has 10 heteroatoms. The van der Waals surface area contributed by atoms with Gasteiger partial charge < -0.3 is 44.8 Å². The first-order chi connectivity index (χ1) is 14.4. The van der Waals surface area contributed by atoms with E-state index in [2.05, 4.69) is 0 Å². The zero-order chi connectivity index (χ0) is 23.2. The van der Waals surface area contributed by atoms with Crippen molar-refractivity contribution in [3.05, 3.63) is 23.8 Å². The summed E-state index contributed by atoms with van der Waals surface area (Å²) in [6, 6.07) is 0. The van der Waals surface area contributed by atoms with E-state index in [4.69, 9.17) is 14.2 Å². The van der Waals surface area contributed by atoms with Crippen LogP contribution < -0.4 is 0 Å². The van der Waals surface area contributed by atoms with Crippen LogP contribution in [0.25, 0.3) is 0 Å². The lowest BCUT2D eigenvalue weighted by Gasteiger charge is -2.49. The fourth-order valence-corrected chi connectivity index (χ4v) is 4.82. The predicted octanol–water partition coefficient (Wildman–Crippen LogP) is -1.49. The van der Waals surface area contributed by atoms with E-state index in [0.29, 0.717) is 18.6 Å². The number of allylic oxidation sites excluding steroid dienone is 2. The average Bonchev–Trinajstić information content (AvgIpc) is 2.79. The Balaban J connectivity index is 1.69. The molecule has 3 fully saturated rings. The Labute approximate surface area is 180 Å². The average molecular weight is 444 g/mol. The first-order valence-electron chi connectivity index (χ1n) is 10.3. The van der Waals surface area contributed by atoms with E-state index in [1.165, 1.54) is 0 Å². The van der Waals surface area contributed by atoms with Crippen LogP contribution in [-0.4, -0.2) is 97.8 Å². The molecule has 0 aromatic heterocycles. The molecule has 0 radical (unpaired) electrons. The van der Waals surface area contributed by atoms with Crippen molar-refractivity contribution >= 4 is 5.97 Å². The second kappa shape index (κ2) is 8.53. The number of fused-ring (bicyclic) bond motifs is 2. The summed E-state index contributed by atoms with van der Waals surface area (Å²) in [7, 11) is 0. The Morgan fingerprint density at radius 2 is 1.81 bits per heavy atom. The SMILES string of the molecule is CC(C=CC1(O)C2(C)COC1(C)CC(O)C2)=CC(=O)OC1OC(CO)C(O)C(O)C1O. The number of carbonyl (C=O) groups excluding carboxylic acids is 1. The van der Waals surface area contributed by atoms with Gasteiger partial charge >= 0.3 is 5.97 Å². The Morgan fingerprint density at radius 3 is 2.42 bits per heavy atom. The van der Waals surface area contributed by atoms with Crippen molar-refractivity contribution in [1.82, 2.24) is 0 Å². The normalized spacial score (nSPS) is 48.2. The summed E-state index contributed by atoms with van der Waals surface area (Å²) in [6.45, 7) is 4.86. The van der Waals surface area contributed by atoms with Gasteiger partial charge in [-0.15, -0.1) is 0 Å². The molecule has 176 valence electrons. The van der Waals surface area contributed by atoms with Crippen LogP contribution in [-0.2, 0) is 19.0 Å². The van der Waals surface area contributed by atoms with Gasteiger partial charge in [-0.2, -0.15) is 0 Å². The molecule has 31 heavy (non-hydrogen) atoms. The third-order valence-corrected chi connectivity index (χ3v) is 6.76. The van der Waals surface area contributed by atoms with E-state index < -0.39 is 66.0 Å². The molecule has 0 aromatic carbocycles. The lowest BCUT2D eigenvalue weighted by Crippen LogP contribution is -2.60. The molecule has 10 nitrogen and oxygen atoms in total. The van der Waals surface area contributed by atoms with Crippen molar-refractivity contribution in [2.45, 2.75) is 81.6 Å². The van der Waals surface area contributed by atoms with Gasteiger partial charge in [0, 0.05) is 17.9 Å². The number of ether oxygens (including phenoxy) is 3. The second-order valence-corrected chi connectivity index (χ2v) is 9.26. The topological polar surface area (TPSA) is 166 Å². The fraction of sp³-hybridized carbons (Fsp3) is 0.762. The van der Waals surface area contributed by atoms with Gasteiger partial charge in [0.2, 0.25) is 6.29 Å². The highest BCUT2D eigenvalue weighted by Crippen LogP contribution is 2.57. The summed E-state index contributed by atoms with van der Waals surface area (Å²) in [4.78, 5) is 12.2. The lowest BCUT2D eigenvalue weighted by molar-refractivity contribution is -0.291. The van der Waals surface area contributed by atoms with Crippen LogP contribution in [0.3, 0.4) is 0 Å². The standard InChI is InChI=1S/C21H32O10/c1-11(4-5-21(28)19(2)7-12(23)8-20(21,3)29-10-19)6-14(24)31-18-17(27)16(26)15(25)13(9-22)30-18/h4-6,12-13,15-18,22-23,25-28H,7-10H2,1-3H3. The number of hydrogen-bond donors (Lipinski definition) is 6. The molecular weight excluding hydrogens is 412 g/mol. The van der Waals surface area contributed by atoms with Gasteiger partial charge in [-0.1, -0.05) is 13.0 Å². The van der Waals surface area contributed by atoms with Crippen molar-refractivity contribution in [3.63, 3.8) is 0 Å². The van der Waals surface area contributed by atoms with Crippen LogP contribution in [0.4, 0.5) is 0 Å². The molecular formula is C21H32O10. The van der Waals surface area contributed by atoms with Gasteiger partial charge in [0.1, 0.15) is 35.6 Å². The molecule has 0 aromatic rings. The highest BCUT2D eigenvalue weighted by molar-refractivity contribution is 5.83. The second-order valence-electron chi connectivity index (χ2n) is 9.26. The molecule has 0 spiro atoms. The van der Waals surface area contributed by atoms with Crippen molar-refractivity contribution < 1.29 is 49.6 Å². The van der Waals surface area contributed by atoms with Gasteiger partial charge in [-0.05, 0) is 31.9 Å². The molecule has 1 aliphatic carbocycles. The van der Waals surface area contributed by atoms with Crippen LogP contribution in [0.5, 0.6) is 0 Å². The van der Waals surface area contributed by atoms with Gasteiger partial charge in [0.15, 0.2) is 0 Å². The lowest BCUT2D eigenvalue weighted by atomic mass is 9.59. The Kier molecular flexibility index (Phi) is 6.68. The monoisotopic (exact) mass is 444 g/mol. The molecule has 2 bridgehead atoms. The fourth-order valence-electron chi connectivity index (χ4n) is 4.82. The molecule has 2 aliphatic heterocycles. The van der Waals surface area contributed by atoms with Crippen molar-refractivity contribution in [1.29, 1.82) is 0 Å². The minimum absolute atomic E-state index is 0.283. The Hall–Kier alpha value is -1.37. The highest BCUT2D eigenvalue weighted by Gasteiger charge is 2.67. The predicted molar refractivity (Wildman–Crippen MR) is 105 cm³/mol. The molecule has 0 amide bonds. The smallest absolute Gasteiger partial charge is 0.333 e. The zero-order valence-corrected chi connectivity index (χ0v) is 17.8. The molecule has 1 saturated carbocycles. The number of aliphatic hydroxyl groups excluding tert-OH is 5. The van der Waals surface area contributed by atoms with Crippen LogP contribution in [0.15, 0.2) is 23.8 Å². The molecule has 3 aliphatic rings. The molecule has 2 heterocycles. The van der Waals surface area contributed by atoms with E-state index in [9.17, 15) is 35.4 Å². The van der Waals surface area contributed by atoms with E-state index in [-0.39, 0.29) is 6.42 Å². The summed E-state index contributed by atoms with van der Waals surface area (Å²) < 4.78 is 16.0. The van der Waals surface area contributed by atoms with Crippen molar-refractivity contribution in [3.8, 4) is 0 Å². The van der Waals surface area contributed by atoms with Crippen molar-refractivity contribution in [2.24, 2.45) is 5.41 Å². The summed E-state index contributed by atoms with van der Waals surface area (Å²) in [6.07, 6.45) is -3.31. The maximum absolute atomic E-state index is 12.2. The van der Waals surface area contributed by atoms with Crippen LogP contribution in [0.2, 0.25) is 0 Å². The number of esters is 1. The van der Waals surface area contributed by atoms with Gasteiger partial charge in [-0.3, -0.25) is 0 Å². The Morgan fingerprint density at radius 1 is 1.13 bits per heavy atom. The molecule has 9 unspecified atom stereocenters. The maximum Gasteiger partial charge on any atom is 0.333 e. The zero-order valence-electron chi connectivity index (χ0n) is 17.8. The number of hydrogen-bond acceptors (Lipinski definition) is 10. The van der Waals surface area contributed by atoms with E-state index in [1.807, 2.05) is 6.92 Å². The third-order valence-electron chi connectivity index (χ3n) is 6.76. The highest BCUT2D eigenvalue weighted by atomic mass is 16.7. The van der Waals surface area contributed by atoms with Gasteiger partial charge in [-0.25, -0.2) is 4.79 Å². The number of aliphatic hydroxyl groups is 6. The van der Waals surface area contributed by atoms with Crippen LogP contribution >= 0.6 is 0 Å². The largest absolute Gasteiger partial charge is 0.430 e. The summed E-state index contributed by atoms with van der Waals surface area (Å²) in [5, 5.41) is 60.2. The van der Waals surface area contributed by atoms with Crippen molar-refractivity contribution in [2.75, 3.05) is 13.2 Å². The van der Waals surface area contributed by atoms with E-state index >= 15 is 0 Å². The molecule has 2 saturated heterocycles. The Bertz CT molecular complexity index is 728. The van der Waals surface area contributed by atoms with E-state index in [1.54, 1.807) is 26.0 Å². The quantitative estimate of drug-likeness (QED) is 0.167. The first-order valence-corrected chi connectivity index (χ1v) is 10.3. The van der Waals surface area contributed by atoms with Crippen LogP contribution in [0.1, 0.15) is 33.6 Å². The maximum atomic E-state index is 12.2. The number of carbonyl (C=O) groups is 1. The third kappa shape index (κ3) is 4.19. The van der Waals surface area contributed by atoms with Crippen LogP contribution in [0, 0.1) is 5.41 Å². The van der Waals surface area contributed by atoms with Gasteiger partial charge in [0.05, 0.1) is 19.3 Å². The molecule has 9 atom stereocenters. The molecule has 3 rings (SSSR count). The van der Waals surface area contributed by atoms with E-state index in [0.717, 1.165) is 6.08 Å². The molecule has 6 N–H and O–H groups in total. The minimum Gasteiger partial charge on any atom is -0.430 e. The minimum atomic E-state index is -1.69. The first kappa shape index (κ1) is 24.3. The summed E-state index contributed by atoms with van der Waals surface area (Å²) >= 11 is 0. The van der Waals surface area contributed by atoms with Gasteiger partial charge in [0.25, 0.3) is 0 Å².